The summed E-state index contributed by atoms with van der Waals surface area (Å²) in [5, 5.41) is 1.87. The Kier molecular flexibility index (Phi) is 6.97. The maximum Gasteiger partial charge on any atom is 0.418 e. The van der Waals surface area contributed by atoms with Gasteiger partial charge in [-0.25, -0.2) is 4.99 Å². The van der Waals surface area contributed by atoms with Gasteiger partial charge in [0.05, 0.1) is 29.2 Å². The second-order valence-electron chi connectivity index (χ2n) is 7.38. The number of benzene rings is 2. The number of amidine groups is 1. The van der Waals surface area contributed by atoms with E-state index in [1.807, 2.05) is 18.2 Å². The van der Waals surface area contributed by atoms with Gasteiger partial charge in [-0.2, -0.15) is 13.2 Å². The molecule has 1 saturated heterocycles. The molecule has 10 heteroatoms. The third-order valence-corrected chi connectivity index (χ3v) is 6.10. The van der Waals surface area contributed by atoms with E-state index in [9.17, 15) is 22.8 Å². The Morgan fingerprint density at radius 2 is 1.74 bits per heavy atom. The SMILES string of the molecule is O=C(CC1SC(=Nc2ccccc2)N(Cc2ccccn2)C1=O)Nc1ccccc1C(F)(F)F. The van der Waals surface area contributed by atoms with E-state index in [-0.39, 0.29) is 24.6 Å². The van der Waals surface area contributed by atoms with Gasteiger partial charge >= 0.3 is 6.18 Å². The highest BCUT2D eigenvalue weighted by Crippen LogP contribution is 2.36. The van der Waals surface area contributed by atoms with E-state index in [0.717, 1.165) is 17.8 Å². The summed E-state index contributed by atoms with van der Waals surface area (Å²) in [4.78, 5) is 36.0. The third kappa shape index (κ3) is 5.63. The average molecular weight is 485 g/mol. The van der Waals surface area contributed by atoms with Gasteiger partial charge in [0.15, 0.2) is 5.17 Å². The van der Waals surface area contributed by atoms with E-state index in [1.165, 1.54) is 23.1 Å². The second-order valence-corrected chi connectivity index (χ2v) is 8.55. The summed E-state index contributed by atoms with van der Waals surface area (Å²) in [5.74, 6) is -1.05. The van der Waals surface area contributed by atoms with Crippen molar-refractivity contribution in [3.05, 3.63) is 90.3 Å². The molecular weight excluding hydrogens is 465 g/mol. The molecule has 34 heavy (non-hydrogen) atoms. The number of nitrogens with zero attached hydrogens (tertiary/aromatic N) is 3. The Morgan fingerprint density at radius 3 is 2.44 bits per heavy atom. The fourth-order valence-electron chi connectivity index (χ4n) is 3.35. The number of para-hydroxylation sites is 2. The lowest BCUT2D eigenvalue weighted by atomic mass is 10.1. The lowest BCUT2D eigenvalue weighted by Crippen LogP contribution is -2.33. The predicted octanol–water partition coefficient (Wildman–Crippen LogP) is 5.26. The molecule has 1 unspecified atom stereocenters. The number of hydrogen-bond acceptors (Lipinski definition) is 5. The Bertz CT molecular complexity index is 1200. The van der Waals surface area contributed by atoms with Gasteiger partial charge in [0, 0.05) is 12.6 Å². The van der Waals surface area contributed by atoms with E-state index in [4.69, 9.17) is 0 Å². The molecule has 0 radical (unpaired) electrons. The Balaban J connectivity index is 1.54. The standard InChI is InChI=1S/C24H19F3N4O2S/c25-24(26,27)18-11-4-5-12-19(18)30-21(32)14-20-22(33)31(15-17-10-6-7-13-28-17)23(34-20)29-16-8-2-1-3-9-16/h1-13,20H,14-15H2,(H,30,32). The third-order valence-electron chi connectivity index (χ3n) is 4.92. The molecule has 0 aliphatic carbocycles. The van der Waals surface area contributed by atoms with E-state index >= 15 is 0 Å². The average Bonchev–Trinajstić information content (AvgIpc) is 3.08. The van der Waals surface area contributed by atoms with E-state index < -0.39 is 22.9 Å². The van der Waals surface area contributed by atoms with Crippen molar-refractivity contribution in [2.24, 2.45) is 4.99 Å². The van der Waals surface area contributed by atoms with Gasteiger partial charge in [-0.05, 0) is 36.4 Å². The second kappa shape index (κ2) is 10.1. The molecule has 0 spiro atoms. The van der Waals surface area contributed by atoms with Crippen LogP contribution in [0, 0.1) is 0 Å². The number of aliphatic imine (C=N–C) groups is 1. The number of aromatic nitrogens is 1. The number of carbonyl (C=O) groups excluding carboxylic acids is 2. The van der Waals surface area contributed by atoms with Crippen molar-refractivity contribution < 1.29 is 22.8 Å². The molecule has 0 bridgehead atoms. The summed E-state index contributed by atoms with van der Waals surface area (Å²) in [5.41, 5.74) is -0.0229. The number of thioether (sulfide) groups is 1. The molecule has 1 fully saturated rings. The highest BCUT2D eigenvalue weighted by molar-refractivity contribution is 8.15. The van der Waals surface area contributed by atoms with Gasteiger partial charge in [0.2, 0.25) is 11.8 Å². The number of hydrogen-bond donors (Lipinski definition) is 1. The molecule has 4 rings (SSSR count). The minimum absolute atomic E-state index is 0.160. The number of anilines is 1. The number of rotatable bonds is 6. The first-order valence-corrected chi connectivity index (χ1v) is 11.2. The van der Waals surface area contributed by atoms with Crippen molar-refractivity contribution in [2.75, 3.05) is 5.32 Å². The quantitative estimate of drug-likeness (QED) is 0.518. The molecule has 6 nitrogen and oxygen atoms in total. The van der Waals surface area contributed by atoms with Crippen LogP contribution < -0.4 is 5.32 Å². The molecule has 1 aliphatic heterocycles. The number of carbonyl (C=O) groups is 2. The zero-order chi connectivity index (χ0) is 24.1. The van der Waals surface area contributed by atoms with E-state index in [2.05, 4.69) is 15.3 Å². The largest absolute Gasteiger partial charge is 0.418 e. The first kappa shape index (κ1) is 23.5. The molecule has 1 aliphatic rings. The van der Waals surface area contributed by atoms with Crippen LogP contribution in [0.25, 0.3) is 0 Å². The van der Waals surface area contributed by atoms with E-state index in [0.29, 0.717) is 16.5 Å². The lowest BCUT2D eigenvalue weighted by molar-refractivity contribution is -0.137. The van der Waals surface area contributed by atoms with Crippen LogP contribution in [-0.2, 0) is 22.3 Å². The highest BCUT2D eigenvalue weighted by Gasteiger charge is 2.40. The van der Waals surface area contributed by atoms with Crippen LogP contribution in [0.5, 0.6) is 0 Å². The number of nitrogens with one attached hydrogen (secondary N) is 1. The zero-order valence-corrected chi connectivity index (χ0v) is 18.5. The van der Waals surface area contributed by atoms with E-state index in [1.54, 1.807) is 36.5 Å². The van der Waals surface area contributed by atoms with Gasteiger partial charge in [-0.3, -0.25) is 19.5 Å². The minimum Gasteiger partial charge on any atom is -0.325 e. The summed E-state index contributed by atoms with van der Waals surface area (Å²) in [6.07, 6.45) is -3.31. The summed E-state index contributed by atoms with van der Waals surface area (Å²) in [6.45, 7) is 0.160. The zero-order valence-electron chi connectivity index (χ0n) is 17.7. The number of amides is 2. The van der Waals surface area contributed by atoms with Gasteiger partial charge in [-0.15, -0.1) is 0 Å². The Hall–Kier alpha value is -3.66. The van der Waals surface area contributed by atoms with Crippen LogP contribution in [0.3, 0.4) is 0 Å². The van der Waals surface area contributed by atoms with Crippen LogP contribution in [0.1, 0.15) is 17.7 Å². The number of halogens is 3. The summed E-state index contributed by atoms with van der Waals surface area (Å²) in [7, 11) is 0. The van der Waals surface area contributed by atoms with Crippen molar-refractivity contribution in [2.45, 2.75) is 24.4 Å². The fourth-order valence-corrected chi connectivity index (χ4v) is 4.50. The van der Waals surface area contributed by atoms with Crippen molar-refractivity contribution in [1.29, 1.82) is 0 Å². The smallest absolute Gasteiger partial charge is 0.325 e. The normalized spacial score (nSPS) is 17.3. The molecule has 1 atom stereocenters. The maximum atomic E-state index is 13.2. The van der Waals surface area contributed by atoms with Crippen molar-refractivity contribution in [1.82, 2.24) is 9.88 Å². The first-order chi connectivity index (χ1) is 16.3. The molecule has 3 aromatic rings. The highest BCUT2D eigenvalue weighted by atomic mass is 32.2. The fraction of sp³-hybridized carbons (Fsp3) is 0.167. The molecule has 1 N–H and O–H groups in total. The molecule has 0 saturated carbocycles. The van der Waals surface area contributed by atoms with Gasteiger partial charge in [0.1, 0.15) is 5.25 Å². The van der Waals surface area contributed by atoms with Gasteiger partial charge < -0.3 is 5.32 Å². The molecule has 2 amide bonds. The van der Waals surface area contributed by atoms with Crippen LogP contribution in [0.4, 0.5) is 24.5 Å². The first-order valence-electron chi connectivity index (χ1n) is 10.3. The van der Waals surface area contributed by atoms with Crippen LogP contribution in [0.2, 0.25) is 0 Å². The van der Waals surface area contributed by atoms with Crippen molar-refractivity contribution >= 4 is 40.1 Å². The Morgan fingerprint density at radius 1 is 1.03 bits per heavy atom. The lowest BCUT2D eigenvalue weighted by Gasteiger charge is -2.16. The van der Waals surface area contributed by atoms with Crippen LogP contribution >= 0.6 is 11.8 Å². The maximum absolute atomic E-state index is 13.2. The summed E-state index contributed by atoms with van der Waals surface area (Å²) < 4.78 is 39.7. The Labute approximate surface area is 197 Å². The summed E-state index contributed by atoms with van der Waals surface area (Å²) in [6, 6.07) is 19.1. The van der Waals surface area contributed by atoms with Gasteiger partial charge in [-0.1, -0.05) is 48.2 Å². The minimum atomic E-state index is -4.61. The monoisotopic (exact) mass is 484 g/mol. The predicted molar refractivity (Wildman–Crippen MR) is 124 cm³/mol. The number of pyridine rings is 1. The molecular formula is C24H19F3N4O2S. The van der Waals surface area contributed by atoms with Crippen molar-refractivity contribution in [3.8, 4) is 0 Å². The van der Waals surface area contributed by atoms with Crippen molar-refractivity contribution in [3.63, 3.8) is 0 Å². The molecule has 2 aromatic carbocycles. The topological polar surface area (TPSA) is 74.7 Å². The van der Waals surface area contributed by atoms with Crippen LogP contribution in [-0.4, -0.2) is 32.1 Å². The summed E-state index contributed by atoms with van der Waals surface area (Å²) >= 11 is 1.11. The molecule has 174 valence electrons. The van der Waals surface area contributed by atoms with Crippen LogP contribution in [0.15, 0.2) is 84.0 Å². The molecule has 1 aromatic heterocycles. The molecule has 2 heterocycles. The number of alkyl halides is 3. The van der Waals surface area contributed by atoms with Gasteiger partial charge in [0.25, 0.3) is 0 Å².